The molecule has 0 radical (unpaired) electrons. The number of benzene rings is 2. The number of aromatic nitrogens is 1. The van der Waals surface area contributed by atoms with Gasteiger partial charge in [-0.1, -0.05) is 35.9 Å². The number of rotatable bonds is 6. The molecule has 0 bridgehead atoms. The smallest absolute Gasteiger partial charge is 0.251 e. The van der Waals surface area contributed by atoms with Crippen molar-refractivity contribution in [2.24, 2.45) is 0 Å². The second kappa shape index (κ2) is 8.62. The van der Waals surface area contributed by atoms with Crippen molar-refractivity contribution in [2.75, 3.05) is 11.9 Å². The van der Waals surface area contributed by atoms with E-state index in [1.807, 2.05) is 37.3 Å². The van der Waals surface area contributed by atoms with E-state index in [9.17, 15) is 9.59 Å². The lowest BCUT2D eigenvalue weighted by atomic mass is 10.2. The Kier molecular flexibility index (Phi) is 5.79. The molecule has 0 aliphatic heterocycles. The number of ether oxygens (including phenoxy) is 1. The van der Waals surface area contributed by atoms with Crippen LogP contribution in [0.2, 0.25) is 0 Å². The monoisotopic (exact) mass is 361 g/mol. The predicted octanol–water partition coefficient (Wildman–Crippen LogP) is 3.55. The lowest BCUT2D eigenvalue weighted by molar-refractivity contribution is -0.115. The lowest BCUT2D eigenvalue weighted by Gasteiger charge is -2.08. The van der Waals surface area contributed by atoms with Gasteiger partial charge in [-0.05, 0) is 37.3 Å². The molecule has 0 saturated heterocycles. The van der Waals surface area contributed by atoms with Crippen molar-refractivity contribution in [3.05, 3.63) is 84.1 Å². The Hall–Kier alpha value is -3.67. The van der Waals surface area contributed by atoms with E-state index < -0.39 is 0 Å². The molecule has 2 N–H and O–H groups in total. The normalized spacial score (nSPS) is 10.1. The maximum Gasteiger partial charge on any atom is 0.251 e. The number of hydrogen-bond donors (Lipinski definition) is 2. The molecule has 6 nitrogen and oxygen atoms in total. The molecule has 6 heteroatoms. The van der Waals surface area contributed by atoms with Crippen LogP contribution in [0.3, 0.4) is 0 Å². The van der Waals surface area contributed by atoms with Crippen molar-refractivity contribution < 1.29 is 14.3 Å². The van der Waals surface area contributed by atoms with Gasteiger partial charge in [-0.3, -0.25) is 9.59 Å². The zero-order valence-electron chi connectivity index (χ0n) is 14.8. The van der Waals surface area contributed by atoms with Gasteiger partial charge in [0.05, 0.1) is 18.4 Å². The summed E-state index contributed by atoms with van der Waals surface area (Å²) >= 11 is 0. The minimum atomic E-state index is -0.340. The van der Waals surface area contributed by atoms with Crippen LogP contribution < -0.4 is 15.4 Å². The number of nitrogens with one attached hydrogen (secondary N) is 2. The topological polar surface area (TPSA) is 80.3 Å². The third-order valence-electron chi connectivity index (χ3n) is 3.71. The number of pyridine rings is 1. The van der Waals surface area contributed by atoms with E-state index in [4.69, 9.17) is 4.74 Å². The van der Waals surface area contributed by atoms with Gasteiger partial charge in [0.1, 0.15) is 5.75 Å². The Balaban J connectivity index is 1.49. The zero-order valence-corrected chi connectivity index (χ0v) is 14.8. The van der Waals surface area contributed by atoms with Crippen LogP contribution in [0.1, 0.15) is 15.9 Å². The average molecular weight is 361 g/mol. The number of amides is 2. The van der Waals surface area contributed by atoms with Crippen LogP contribution in [0.15, 0.2) is 72.9 Å². The number of anilines is 1. The zero-order chi connectivity index (χ0) is 19.1. The summed E-state index contributed by atoms with van der Waals surface area (Å²) in [6.45, 7) is 1.87. The lowest BCUT2D eigenvalue weighted by Crippen LogP contribution is -2.32. The molecule has 3 aromatic rings. The Morgan fingerprint density at radius 3 is 2.37 bits per heavy atom. The summed E-state index contributed by atoms with van der Waals surface area (Å²) in [5.41, 5.74) is 2.17. The van der Waals surface area contributed by atoms with Crippen molar-refractivity contribution in [2.45, 2.75) is 6.92 Å². The van der Waals surface area contributed by atoms with E-state index in [0.717, 1.165) is 5.56 Å². The van der Waals surface area contributed by atoms with Crippen LogP contribution in [0.4, 0.5) is 5.69 Å². The first-order valence-electron chi connectivity index (χ1n) is 8.44. The average Bonchev–Trinajstić information content (AvgIpc) is 2.70. The highest BCUT2D eigenvalue weighted by atomic mass is 16.5. The Labute approximate surface area is 157 Å². The molecule has 0 aliphatic carbocycles. The van der Waals surface area contributed by atoms with E-state index in [-0.39, 0.29) is 18.4 Å². The fraction of sp³-hybridized carbons (Fsp3) is 0.0952. The second-order valence-electron chi connectivity index (χ2n) is 5.90. The summed E-state index contributed by atoms with van der Waals surface area (Å²) in [6, 6.07) is 19.7. The van der Waals surface area contributed by atoms with E-state index in [1.54, 1.807) is 36.4 Å². The maximum absolute atomic E-state index is 12.0. The van der Waals surface area contributed by atoms with Crippen LogP contribution in [-0.4, -0.2) is 23.3 Å². The van der Waals surface area contributed by atoms with Crippen molar-refractivity contribution in [3.8, 4) is 11.6 Å². The Morgan fingerprint density at radius 1 is 0.963 bits per heavy atom. The van der Waals surface area contributed by atoms with Crippen LogP contribution in [0.25, 0.3) is 0 Å². The van der Waals surface area contributed by atoms with E-state index >= 15 is 0 Å². The number of nitrogens with zero attached hydrogens (tertiary/aromatic N) is 1. The number of hydrogen-bond acceptors (Lipinski definition) is 4. The molecule has 1 aromatic heterocycles. The minimum Gasteiger partial charge on any atom is -0.439 e. The minimum absolute atomic E-state index is 0.130. The summed E-state index contributed by atoms with van der Waals surface area (Å²) in [4.78, 5) is 28.1. The quantitative estimate of drug-likeness (QED) is 0.704. The molecule has 0 aliphatic rings. The van der Waals surface area contributed by atoms with Crippen molar-refractivity contribution in [1.82, 2.24) is 10.3 Å². The van der Waals surface area contributed by atoms with Gasteiger partial charge in [0, 0.05) is 11.6 Å². The fourth-order valence-electron chi connectivity index (χ4n) is 2.30. The van der Waals surface area contributed by atoms with Crippen LogP contribution in [0, 0.1) is 6.92 Å². The van der Waals surface area contributed by atoms with Crippen LogP contribution in [-0.2, 0) is 4.79 Å². The van der Waals surface area contributed by atoms with Gasteiger partial charge in [0.2, 0.25) is 11.8 Å². The van der Waals surface area contributed by atoms with Crippen molar-refractivity contribution in [3.63, 3.8) is 0 Å². The molecule has 2 amide bonds. The molecule has 3 rings (SSSR count). The van der Waals surface area contributed by atoms with Gasteiger partial charge in [-0.25, -0.2) is 4.98 Å². The SMILES string of the molecule is Cc1ccc(Oc2ccc(NC(=O)CNC(=O)c3ccccc3)cn2)cc1. The molecule has 0 unspecified atom stereocenters. The van der Waals surface area contributed by atoms with Gasteiger partial charge in [0.15, 0.2) is 0 Å². The fourth-order valence-corrected chi connectivity index (χ4v) is 2.30. The third kappa shape index (κ3) is 5.40. The molecule has 136 valence electrons. The highest BCUT2D eigenvalue weighted by molar-refractivity contribution is 5.99. The van der Waals surface area contributed by atoms with Gasteiger partial charge < -0.3 is 15.4 Å². The van der Waals surface area contributed by atoms with Gasteiger partial charge in [0.25, 0.3) is 5.91 Å². The molecule has 0 fully saturated rings. The summed E-state index contributed by atoms with van der Waals surface area (Å²) in [7, 11) is 0. The molecular formula is C21H19N3O3. The molecule has 0 spiro atoms. The summed E-state index contributed by atoms with van der Waals surface area (Å²) in [5.74, 6) is 0.474. The molecule has 2 aromatic carbocycles. The van der Waals surface area contributed by atoms with E-state index in [2.05, 4.69) is 15.6 Å². The van der Waals surface area contributed by atoms with E-state index in [1.165, 1.54) is 6.20 Å². The first-order chi connectivity index (χ1) is 13.1. The van der Waals surface area contributed by atoms with Crippen molar-refractivity contribution >= 4 is 17.5 Å². The second-order valence-corrected chi connectivity index (χ2v) is 5.90. The standard InChI is InChI=1S/C21H19N3O3/c1-15-7-10-18(11-8-15)27-20-12-9-17(13-22-20)24-19(25)14-23-21(26)16-5-3-2-4-6-16/h2-13H,14H2,1H3,(H,23,26)(H,24,25). The molecular weight excluding hydrogens is 342 g/mol. The largest absolute Gasteiger partial charge is 0.439 e. The number of aryl methyl sites for hydroxylation is 1. The number of carbonyl (C=O) groups is 2. The third-order valence-corrected chi connectivity index (χ3v) is 3.71. The Bertz CT molecular complexity index is 908. The first kappa shape index (κ1) is 18.1. The first-order valence-corrected chi connectivity index (χ1v) is 8.44. The molecule has 0 atom stereocenters. The van der Waals surface area contributed by atoms with Gasteiger partial charge >= 0.3 is 0 Å². The van der Waals surface area contributed by atoms with Gasteiger partial charge in [-0.15, -0.1) is 0 Å². The molecule has 0 saturated carbocycles. The molecule has 27 heavy (non-hydrogen) atoms. The predicted molar refractivity (Wildman–Crippen MR) is 103 cm³/mol. The van der Waals surface area contributed by atoms with E-state index in [0.29, 0.717) is 22.9 Å². The Morgan fingerprint density at radius 2 is 1.70 bits per heavy atom. The van der Waals surface area contributed by atoms with Crippen LogP contribution in [0.5, 0.6) is 11.6 Å². The van der Waals surface area contributed by atoms with Crippen molar-refractivity contribution in [1.29, 1.82) is 0 Å². The highest BCUT2D eigenvalue weighted by Crippen LogP contribution is 2.20. The number of carbonyl (C=O) groups excluding carboxylic acids is 2. The highest BCUT2D eigenvalue weighted by Gasteiger charge is 2.08. The summed E-state index contributed by atoms with van der Waals surface area (Å²) < 4.78 is 5.64. The van der Waals surface area contributed by atoms with Gasteiger partial charge in [-0.2, -0.15) is 0 Å². The molecule has 1 heterocycles. The maximum atomic E-state index is 12.0. The van der Waals surface area contributed by atoms with Crippen LogP contribution >= 0.6 is 0 Å². The summed E-state index contributed by atoms with van der Waals surface area (Å²) in [5, 5.41) is 5.25. The summed E-state index contributed by atoms with van der Waals surface area (Å²) in [6.07, 6.45) is 1.50.